The Morgan fingerprint density at radius 3 is 2.73 bits per heavy atom. The average molecular weight is 444 g/mol. The number of fused-ring (bicyclic) bond motifs is 1. The van der Waals surface area contributed by atoms with Gasteiger partial charge in [0.25, 0.3) is 0 Å². The van der Waals surface area contributed by atoms with Crippen LogP contribution < -0.4 is 16.0 Å². The monoisotopic (exact) mass is 443 g/mol. The number of nitrogens with one attached hydrogen (secondary N) is 3. The standard InChI is InChI=1S/C17H20ClF2N7O3/c1-27-5-8(3-22-27)23-17-21-4-9(18)16(26-17)25-11-7-30-14-10(6-29-15(11)14)24-13(28)2-12(19)20/h3-5,10-12,14-15H,2,6-7H2,1H3,(H,24,28)(H2,21,23,25,26). The second-order valence-corrected chi connectivity index (χ2v) is 7.44. The van der Waals surface area contributed by atoms with Crippen LogP contribution in [0.3, 0.4) is 0 Å². The molecule has 0 aliphatic carbocycles. The number of carbonyl (C=O) groups is 1. The van der Waals surface area contributed by atoms with Gasteiger partial charge in [0.15, 0.2) is 5.82 Å². The molecule has 30 heavy (non-hydrogen) atoms. The highest BCUT2D eigenvalue weighted by Gasteiger charge is 2.48. The van der Waals surface area contributed by atoms with Crippen molar-refractivity contribution in [3.8, 4) is 0 Å². The molecule has 13 heteroatoms. The van der Waals surface area contributed by atoms with E-state index in [0.717, 1.165) is 5.69 Å². The number of carbonyl (C=O) groups excluding carboxylic acids is 1. The van der Waals surface area contributed by atoms with E-state index >= 15 is 0 Å². The van der Waals surface area contributed by atoms with Crippen molar-refractivity contribution in [1.82, 2.24) is 25.1 Å². The number of anilines is 3. The molecule has 2 saturated heterocycles. The summed E-state index contributed by atoms with van der Waals surface area (Å²) in [5.41, 5.74) is 0.719. The highest BCUT2D eigenvalue weighted by molar-refractivity contribution is 6.32. The topological polar surface area (TPSA) is 115 Å². The van der Waals surface area contributed by atoms with E-state index in [4.69, 9.17) is 21.1 Å². The van der Waals surface area contributed by atoms with E-state index in [9.17, 15) is 13.6 Å². The molecule has 10 nitrogen and oxygen atoms in total. The number of hydrogen-bond acceptors (Lipinski definition) is 8. The fourth-order valence-corrected chi connectivity index (χ4v) is 3.62. The van der Waals surface area contributed by atoms with Crippen molar-refractivity contribution in [3.63, 3.8) is 0 Å². The number of alkyl halides is 2. The van der Waals surface area contributed by atoms with Crippen LogP contribution >= 0.6 is 11.6 Å². The maximum Gasteiger partial charge on any atom is 0.247 e. The third kappa shape index (κ3) is 4.60. The second kappa shape index (κ2) is 8.66. The fraction of sp³-hybridized carbons (Fsp3) is 0.529. The van der Waals surface area contributed by atoms with Gasteiger partial charge in [0, 0.05) is 13.2 Å². The zero-order valence-corrected chi connectivity index (χ0v) is 16.6. The van der Waals surface area contributed by atoms with Crippen LogP contribution in [0.1, 0.15) is 6.42 Å². The molecule has 0 spiro atoms. The minimum absolute atomic E-state index is 0.174. The normalized spacial score (nSPS) is 25.4. The molecule has 162 valence electrons. The van der Waals surface area contributed by atoms with Crippen LogP contribution in [0.25, 0.3) is 0 Å². The molecule has 0 saturated carbocycles. The highest BCUT2D eigenvalue weighted by Crippen LogP contribution is 2.31. The van der Waals surface area contributed by atoms with Crippen molar-refractivity contribution >= 4 is 35.0 Å². The van der Waals surface area contributed by atoms with Gasteiger partial charge >= 0.3 is 0 Å². The van der Waals surface area contributed by atoms with Gasteiger partial charge in [-0.15, -0.1) is 0 Å². The van der Waals surface area contributed by atoms with Gasteiger partial charge in [-0.05, 0) is 0 Å². The number of aryl methyl sites for hydroxylation is 1. The van der Waals surface area contributed by atoms with E-state index in [-0.39, 0.29) is 25.4 Å². The third-order valence-electron chi connectivity index (χ3n) is 4.77. The lowest BCUT2D eigenvalue weighted by Gasteiger charge is -2.19. The number of ether oxygens (including phenoxy) is 2. The Bertz CT molecular complexity index is 915. The van der Waals surface area contributed by atoms with E-state index in [2.05, 4.69) is 31.0 Å². The molecule has 2 aliphatic rings. The van der Waals surface area contributed by atoms with Gasteiger partial charge in [0.1, 0.15) is 17.2 Å². The van der Waals surface area contributed by atoms with Crippen LogP contribution in [0.2, 0.25) is 5.02 Å². The van der Waals surface area contributed by atoms with Gasteiger partial charge in [-0.1, -0.05) is 11.6 Å². The summed E-state index contributed by atoms with van der Waals surface area (Å²) in [6.07, 6.45) is 0.492. The van der Waals surface area contributed by atoms with Crippen LogP contribution in [0, 0.1) is 0 Å². The summed E-state index contributed by atoms with van der Waals surface area (Å²) >= 11 is 6.23. The number of halogens is 3. The van der Waals surface area contributed by atoms with Crippen molar-refractivity contribution in [2.45, 2.75) is 37.1 Å². The summed E-state index contributed by atoms with van der Waals surface area (Å²) in [5.74, 6) is -0.0137. The molecule has 0 bridgehead atoms. The van der Waals surface area contributed by atoms with Crippen LogP contribution in [0.5, 0.6) is 0 Å². The maximum absolute atomic E-state index is 12.4. The molecular formula is C17H20ClF2N7O3. The number of nitrogens with zero attached hydrogens (tertiary/aromatic N) is 4. The Morgan fingerprint density at radius 2 is 2.03 bits per heavy atom. The number of rotatable bonds is 7. The summed E-state index contributed by atoms with van der Waals surface area (Å²) in [5, 5.41) is 13.2. The van der Waals surface area contributed by atoms with Crippen molar-refractivity contribution in [3.05, 3.63) is 23.6 Å². The van der Waals surface area contributed by atoms with E-state index in [0.29, 0.717) is 16.8 Å². The predicted octanol–water partition coefficient (Wildman–Crippen LogP) is 1.33. The number of hydrogen-bond donors (Lipinski definition) is 3. The van der Waals surface area contributed by atoms with E-state index in [1.165, 1.54) is 6.20 Å². The molecular weight excluding hydrogens is 424 g/mol. The first kappa shape index (κ1) is 20.7. The molecule has 4 heterocycles. The molecule has 2 aromatic rings. The lowest BCUT2D eigenvalue weighted by atomic mass is 10.1. The predicted molar refractivity (Wildman–Crippen MR) is 103 cm³/mol. The van der Waals surface area contributed by atoms with E-state index in [1.54, 1.807) is 24.1 Å². The Morgan fingerprint density at radius 1 is 1.30 bits per heavy atom. The summed E-state index contributed by atoms with van der Waals surface area (Å²) in [7, 11) is 1.79. The van der Waals surface area contributed by atoms with Gasteiger partial charge < -0.3 is 25.4 Å². The van der Waals surface area contributed by atoms with E-state index in [1.807, 2.05) is 0 Å². The quantitative estimate of drug-likeness (QED) is 0.587. The lowest BCUT2D eigenvalue weighted by molar-refractivity contribution is -0.125. The van der Waals surface area contributed by atoms with Crippen molar-refractivity contribution < 1.29 is 23.0 Å². The number of amides is 1. The van der Waals surface area contributed by atoms with Crippen molar-refractivity contribution in [2.24, 2.45) is 7.05 Å². The van der Waals surface area contributed by atoms with Gasteiger partial charge in [-0.25, -0.2) is 13.8 Å². The first-order chi connectivity index (χ1) is 14.4. The zero-order chi connectivity index (χ0) is 21.3. The van der Waals surface area contributed by atoms with Crippen molar-refractivity contribution in [1.29, 1.82) is 0 Å². The van der Waals surface area contributed by atoms with Gasteiger partial charge in [-0.3, -0.25) is 9.48 Å². The molecule has 4 rings (SSSR count). The molecule has 0 radical (unpaired) electrons. The Balaban J connectivity index is 1.39. The first-order valence-corrected chi connectivity index (χ1v) is 9.62. The molecule has 1 amide bonds. The third-order valence-corrected chi connectivity index (χ3v) is 5.04. The van der Waals surface area contributed by atoms with Crippen LogP contribution in [0.4, 0.5) is 26.2 Å². The molecule has 3 N–H and O–H groups in total. The Kier molecular flexibility index (Phi) is 5.97. The first-order valence-electron chi connectivity index (χ1n) is 9.24. The summed E-state index contributed by atoms with van der Waals surface area (Å²) in [4.78, 5) is 20.2. The van der Waals surface area contributed by atoms with E-state index < -0.39 is 30.9 Å². The summed E-state index contributed by atoms with van der Waals surface area (Å²) < 4.78 is 37.9. The summed E-state index contributed by atoms with van der Waals surface area (Å²) in [6, 6.07) is -0.776. The Labute approximate surface area is 175 Å². The summed E-state index contributed by atoms with van der Waals surface area (Å²) in [6.45, 7) is 0.454. The zero-order valence-electron chi connectivity index (χ0n) is 15.9. The fourth-order valence-electron chi connectivity index (χ4n) is 3.47. The molecule has 4 unspecified atom stereocenters. The smallest absolute Gasteiger partial charge is 0.247 e. The van der Waals surface area contributed by atoms with Crippen LogP contribution in [-0.4, -0.2) is 69.6 Å². The molecule has 2 fully saturated rings. The van der Waals surface area contributed by atoms with Gasteiger partial charge in [0.2, 0.25) is 18.3 Å². The molecule has 2 aliphatic heterocycles. The molecule has 4 atom stereocenters. The average Bonchev–Trinajstić information content (AvgIpc) is 3.37. The maximum atomic E-state index is 12.4. The van der Waals surface area contributed by atoms with Gasteiger partial charge in [-0.2, -0.15) is 10.1 Å². The molecule has 2 aromatic heterocycles. The minimum Gasteiger partial charge on any atom is -0.371 e. The SMILES string of the molecule is Cn1cc(Nc2ncc(Cl)c(NC3COC4C(NC(=O)CC(F)F)COC34)n2)cn1. The second-order valence-electron chi connectivity index (χ2n) is 7.03. The van der Waals surface area contributed by atoms with Crippen LogP contribution in [0.15, 0.2) is 18.6 Å². The Hall–Kier alpha value is -2.57. The largest absolute Gasteiger partial charge is 0.371 e. The minimum atomic E-state index is -2.70. The highest BCUT2D eigenvalue weighted by atomic mass is 35.5. The van der Waals surface area contributed by atoms with Crippen LogP contribution in [-0.2, 0) is 21.3 Å². The number of aromatic nitrogens is 4. The van der Waals surface area contributed by atoms with Crippen molar-refractivity contribution in [2.75, 3.05) is 23.8 Å². The molecule has 0 aromatic carbocycles. The lowest BCUT2D eigenvalue weighted by Crippen LogP contribution is -2.45. The van der Waals surface area contributed by atoms with Gasteiger partial charge in [0.05, 0.1) is 49.8 Å².